The van der Waals surface area contributed by atoms with E-state index in [0.717, 1.165) is 5.69 Å². The van der Waals surface area contributed by atoms with Crippen LogP contribution in [0.2, 0.25) is 0 Å². The number of aryl methyl sites for hydroxylation is 1. The van der Waals surface area contributed by atoms with Gasteiger partial charge in [-0.15, -0.1) is 11.3 Å². The number of rotatable bonds is 6. The number of hydrogen-bond acceptors (Lipinski definition) is 7. The number of amides is 2. The highest BCUT2D eigenvalue weighted by atomic mass is 32.1. The number of aromatic nitrogens is 4. The van der Waals surface area contributed by atoms with Crippen molar-refractivity contribution in [3.8, 4) is 11.5 Å². The molecule has 4 heterocycles. The van der Waals surface area contributed by atoms with Crippen LogP contribution in [-0.4, -0.2) is 31.6 Å². The molecule has 0 unspecified atom stereocenters. The van der Waals surface area contributed by atoms with Crippen molar-refractivity contribution in [1.29, 1.82) is 0 Å². The lowest BCUT2D eigenvalue weighted by atomic mass is 10.1. The van der Waals surface area contributed by atoms with Crippen molar-refractivity contribution in [3.63, 3.8) is 0 Å². The zero-order valence-electron chi connectivity index (χ0n) is 17.6. The van der Waals surface area contributed by atoms with E-state index in [0.29, 0.717) is 45.5 Å². The average Bonchev–Trinajstić information content (AvgIpc) is 3.44. The molecule has 0 saturated heterocycles. The molecule has 0 aliphatic rings. The van der Waals surface area contributed by atoms with Crippen LogP contribution in [0.15, 0.2) is 34.2 Å². The van der Waals surface area contributed by atoms with Crippen LogP contribution in [0.3, 0.4) is 0 Å². The third-order valence-electron chi connectivity index (χ3n) is 4.58. The lowest BCUT2D eigenvalue weighted by Crippen LogP contribution is -2.18. The third kappa shape index (κ3) is 4.33. The average molecular weight is 439 g/mol. The Morgan fingerprint density at radius 1 is 1.26 bits per heavy atom. The lowest BCUT2D eigenvalue weighted by molar-refractivity contribution is -0.119. The number of carbonyl (C=O) groups excluding carboxylic acids is 2. The number of anilines is 1. The van der Waals surface area contributed by atoms with Crippen LogP contribution in [0.4, 0.5) is 5.13 Å². The largest absolute Gasteiger partial charge is 0.458 e. The Morgan fingerprint density at radius 2 is 2.06 bits per heavy atom. The number of fused-ring (bicyclic) bond motifs is 1. The van der Waals surface area contributed by atoms with Crippen molar-refractivity contribution in [2.75, 3.05) is 5.32 Å². The SMILES string of the molecule is CC(=O)NCc1ccc(-c2csc(NC(=O)c3cc(C)nc4c3cnn4C(C)C)n2)o1. The number of furan rings is 1. The van der Waals surface area contributed by atoms with Gasteiger partial charge in [-0.1, -0.05) is 0 Å². The minimum atomic E-state index is -0.273. The molecule has 0 atom stereocenters. The van der Waals surface area contributed by atoms with Gasteiger partial charge in [0.1, 0.15) is 11.5 Å². The summed E-state index contributed by atoms with van der Waals surface area (Å²) in [4.78, 5) is 33.0. The maximum Gasteiger partial charge on any atom is 0.258 e. The first-order valence-electron chi connectivity index (χ1n) is 9.77. The van der Waals surface area contributed by atoms with E-state index in [-0.39, 0.29) is 17.9 Å². The van der Waals surface area contributed by atoms with Crippen LogP contribution in [0.25, 0.3) is 22.5 Å². The molecule has 10 heteroatoms. The fourth-order valence-corrected chi connectivity index (χ4v) is 3.83. The van der Waals surface area contributed by atoms with Gasteiger partial charge in [-0.25, -0.2) is 14.6 Å². The first-order chi connectivity index (χ1) is 14.8. The molecular formula is C21H22N6O3S. The fraction of sp³-hybridized carbons (Fsp3) is 0.286. The normalized spacial score (nSPS) is 11.3. The Bertz CT molecular complexity index is 1270. The summed E-state index contributed by atoms with van der Waals surface area (Å²) in [5, 5.41) is 12.9. The van der Waals surface area contributed by atoms with Gasteiger partial charge in [0.2, 0.25) is 5.91 Å². The number of carbonyl (C=O) groups is 2. The van der Waals surface area contributed by atoms with Gasteiger partial charge in [-0.2, -0.15) is 5.10 Å². The molecule has 0 bridgehead atoms. The van der Waals surface area contributed by atoms with Gasteiger partial charge in [-0.05, 0) is 39.0 Å². The molecule has 0 radical (unpaired) electrons. The van der Waals surface area contributed by atoms with Crippen LogP contribution in [0.5, 0.6) is 0 Å². The van der Waals surface area contributed by atoms with Crippen molar-refractivity contribution in [3.05, 3.63) is 46.8 Å². The number of nitrogens with one attached hydrogen (secondary N) is 2. The van der Waals surface area contributed by atoms with E-state index in [9.17, 15) is 9.59 Å². The summed E-state index contributed by atoms with van der Waals surface area (Å²) in [7, 11) is 0. The Kier molecular flexibility index (Phi) is 5.55. The molecule has 0 aromatic carbocycles. The maximum atomic E-state index is 13.0. The van der Waals surface area contributed by atoms with Crippen molar-refractivity contribution in [2.24, 2.45) is 0 Å². The van der Waals surface area contributed by atoms with Crippen LogP contribution < -0.4 is 10.6 Å². The number of pyridine rings is 1. The lowest BCUT2D eigenvalue weighted by Gasteiger charge is -2.08. The van der Waals surface area contributed by atoms with Crippen molar-refractivity contribution >= 4 is 39.3 Å². The van der Waals surface area contributed by atoms with Gasteiger partial charge >= 0.3 is 0 Å². The van der Waals surface area contributed by atoms with E-state index in [1.54, 1.807) is 34.5 Å². The molecule has 4 rings (SSSR count). The number of hydrogen-bond donors (Lipinski definition) is 2. The third-order valence-corrected chi connectivity index (χ3v) is 5.34. The summed E-state index contributed by atoms with van der Waals surface area (Å²) >= 11 is 1.31. The van der Waals surface area contributed by atoms with Crippen LogP contribution >= 0.6 is 11.3 Å². The standard InChI is InChI=1S/C21H22N6O3S/c1-11(2)27-19-16(9-23-27)15(7-12(3)24-19)20(29)26-21-25-17(10-31-21)18-6-5-14(30-18)8-22-13(4)28/h5-7,9-11H,8H2,1-4H3,(H,22,28)(H,25,26,29). The fourth-order valence-electron chi connectivity index (χ4n) is 3.14. The van der Waals surface area contributed by atoms with E-state index in [4.69, 9.17) is 4.42 Å². The monoisotopic (exact) mass is 438 g/mol. The second-order valence-corrected chi connectivity index (χ2v) is 8.26. The Labute approximate surface area is 182 Å². The second-order valence-electron chi connectivity index (χ2n) is 7.40. The van der Waals surface area contributed by atoms with Crippen LogP contribution in [0, 0.1) is 6.92 Å². The summed E-state index contributed by atoms with van der Waals surface area (Å²) in [5.41, 5.74) is 2.53. The van der Waals surface area contributed by atoms with Crippen LogP contribution in [0.1, 0.15) is 48.6 Å². The molecule has 0 spiro atoms. The molecule has 31 heavy (non-hydrogen) atoms. The molecule has 0 fully saturated rings. The molecule has 9 nitrogen and oxygen atoms in total. The topological polar surface area (TPSA) is 115 Å². The predicted octanol–water partition coefficient (Wildman–Crippen LogP) is 3.93. The van der Waals surface area contributed by atoms with Crippen molar-refractivity contribution < 1.29 is 14.0 Å². The molecule has 160 valence electrons. The van der Waals surface area contributed by atoms with Gasteiger partial charge in [0.15, 0.2) is 16.5 Å². The molecule has 4 aromatic rings. The zero-order chi connectivity index (χ0) is 22.1. The van der Waals surface area contributed by atoms with Gasteiger partial charge < -0.3 is 9.73 Å². The summed E-state index contributed by atoms with van der Waals surface area (Å²) in [5.74, 6) is 0.791. The predicted molar refractivity (Wildman–Crippen MR) is 118 cm³/mol. The minimum Gasteiger partial charge on any atom is -0.458 e. The van der Waals surface area contributed by atoms with Gasteiger partial charge in [0.25, 0.3) is 5.91 Å². The minimum absolute atomic E-state index is 0.129. The molecule has 4 aromatic heterocycles. The Hall–Kier alpha value is -3.53. The number of thiazole rings is 1. The van der Waals surface area contributed by atoms with E-state index in [1.807, 2.05) is 20.8 Å². The van der Waals surface area contributed by atoms with E-state index in [1.165, 1.54) is 18.3 Å². The highest BCUT2D eigenvalue weighted by molar-refractivity contribution is 7.14. The molecule has 0 saturated carbocycles. The summed E-state index contributed by atoms with van der Waals surface area (Å²) in [6.07, 6.45) is 1.67. The zero-order valence-corrected chi connectivity index (χ0v) is 18.4. The highest BCUT2D eigenvalue weighted by Gasteiger charge is 2.18. The first kappa shape index (κ1) is 20.7. The quantitative estimate of drug-likeness (QED) is 0.471. The molecule has 0 aliphatic heterocycles. The Morgan fingerprint density at radius 3 is 2.81 bits per heavy atom. The molecule has 2 N–H and O–H groups in total. The Balaban J connectivity index is 1.54. The first-order valence-corrected chi connectivity index (χ1v) is 10.6. The molecule has 0 aliphatic carbocycles. The van der Waals surface area contributed by atoms with E-state index < -0.39 is 0 Å². The van der Waals surface area contributed by atoms with Crippen LogP contribution in [-0.2, 0) is 11.3 Å². The molecule has 2 amide bonds. The van der Waals surface area contributed by atoms with Crippen molar-refractivity contribution in [1.82, 2.24) is 25.1 Å². The molecular weight excluding hydrogens is 416 g/mol. The van der Waals surface area contributed by atoms with Gasteiger partial charge in [0, 0.05) is 24.0 Å². The van der Waals surface area contributed by atoms with Gasteiger partial charge in [0.05, 0.1) is 23.7 Å². The van der Waals surface area contributed by atoms with Gasteiger partial charge in [-0.3, -0.25) is 14.9 Å². The highest BCUT2D eigenvalue weighted by Crippen LogP contribution is 2.28. The van der Waals surface area contributed by atoms with E-state index >= 15 is 0 Å². The summed E-state index contributed by atoms with van der Waals surface area (Å²) < 4.78 is 7.52. The second kappa shape index (κ2) is 8.31. The summed E-state index contributed by atoms with van der Waals surface area (Å²) in [6, 6.07) is 5.45. The smallest absolute Gasteiger partial charge is 0.258 e. The number of nitrogens with zero attached hydrogens (tertiary/aromatic N) is 4. The van der Waals surface area contributed by atoms with E-state index in [2.05, 4.69) is 25.7 Å². The maximum absolute atomic E-state index is 13.0. The summed E-state index contributed by atoms with van der Waals surface area (Å²) in [6.45, 7) is 7.65. The van der Waals surface area contributed by atoms with Crippen molar-refractivity contribution in [2.45, 2.75) is 40.3 Å².